The minimum absolute atomic E-state index is 0.180. The highest BCUT2D eigenvalue weighted by molar-refractivity contribution is 9.10. The van der Waals surface area contributed by atoms with Crippen LogP contribution in [0.3, 0.4) is 0 Å². The topological polar surface area (TPSA) is 44.5 Å². The third-order valence-electron chi connectivity index (χ3n) is 3.05. The molecule has 2 unspecified atom stereocenters. The van der Waals surface area contributed by atoms with E-state index in [1.165, 1.54) is 5.56 Å². The van der Waals surface area contributed by atoms with Gasteiger partial charge >= 0.3 is 0 Å². The Kier molecular flexibility index (Phi) is 5.03. The first-order valence-corrected chi connectivity index (χ1v) is 7.19. The van der Waals surface area contributed by atoms with Crippen LogP contribution in [0.1, 0.15) is 18.9 Å². The second-order valence-electron chi connectivity index (χ2n) is 4.99. The standard InChI is InChI=1S/C14H20BrNO2/c1-10(16)6-11-2-3-14(13(15)7-11)18-9-12-4-5-17-8-12/h2-3,7,10,12H,4-6,8-9,16H2,1H3. The highest BCUT2D eigenvalue weighted by Crippen LogP contribution is 2.27. The number of halogens is 1. The maximum Gasteiger partial charge on any atom is 0.133 e. The minimum atomic E-state index is 0.180. The van der Waals surface area contributed by atoms with Crippen LogP contribution in [0.25, 0.3) is 0 Å². The molecule has 0 amide bonds. The van der Waals surface area contributed by atoms with Gasteiger partial charge in [-0.1, -0.05) is 6.07 Å². The average Bonchev–Trinajstić information content (AvgIpc) is 2.80. The van der Waals surface area contributed by atoms with Crippen LogP contribution in [0.2, 0.25) is 0 Å². The molecule has 2 N–H and O–H groups in total. The monoisotopic (exact) mass is 313 g/mol. The third kappa shape index (κ3) is 3.97. The zero-order valence-corrected chi connectivity index (χ0v) is 12.3. The van der Waals surface area contributed by atoms with Crippen molar-refractivity contribution in [1.29, 1.82) is 0 Å². The van der Waals surface area contributed by atoms with E-state index in [0.717, 1.165) is 42.9 Å². The fourth-order valence-corrected chi connectivity index (χ4v) is 2.62. The zero-order valence-electron chi connectivity index (χ0n) is 10.7. The largest absolute Gasteiger partial charge is 0.492 e. The van der Waals surface area contributed by atoms with E-state index in [0.29, 0.717) is 5.92 Å². The second kappa shape index (κ2) is 6.55. The van der Waals surface area contributed by atoms with E-state index in [-0.39, 0.29) is 6.04 Å². The van der Waals surface area contributed by atoms with Gasteiger partial charge in [-0.05, 0) is 53.4 Å². The van der Waals surface area contributed by atoms with E-state index in [9.17, 15) is 0 Å². The van der Waals surface area contributed by atoms with Crippen LogP contribution < -0.4 is 10.5 Å². The van der Waals surface area contributed by atoms with Crippen LogP contribution in [0.4, 0.5) is 0 Å². The van der Waals surface area contributed by atoms with Crippen molar-refractivity contribution in [3.8, 4) is 5.75 Å². The fraction of sp³-hybridized carbons (Fsp3) is 0.571. The van der Waals surface area contributed by atoms with Crippen LogP contribution in [-0.2, 0) is 11.2 Å². The molecular weight excluding hydrogens is 294 g/mol. The molecule has 0 bridgehead atoms. The van der Waals surface area contributed by atoms with E-state index in [1.807, 2.05) is 13.0 Å². The number of rotatable bonds is 5. The number of nitrogens with two attached hydrogens (primary N) is 1. The molecule has 1 aromatic carbocycles. The van der Waals surface area contributed by atoms with Gasteiger partial charge in [0.25, 0.3) is 0 Å². The Hall–Kier alpha value is -0.580. The Morgan fingerprint density at radius 2 is 2.39 bits per heavy atom. The summed E-state index contributed by atoms with van der Waals surface area (Å²) in [5, 5.41) is 0. The van der Waals surface area contributed by atoms with Gasteiger partial charge in [0, 0.05) is 18.6 Å². The summed E-state index contributed by atoms with van der Waals surface area (Å²) in [4.78, 5) is 0. The molecule has 3 nitrogen and oxygen atoms in total. The molecule has 1 aliphatic rings. The van der Waals surface area contributed by atoms with Gasteiger partial charge in [-0.3, -0.25) is 0 Å². The molecule has 0 saturated carbocycles. The van der Waals surface area contributed by atoms with Crippen LogP contribution in [-0.4, -0.2) is 25.9 Å². The Labute approximate surface area is 117 Å². The third-order valence-corrected chi connectivity index (χ3v) is 3.67. The van der Waals surface area contributed by atoms with Crippen molar-refractivity contribution in [3.05, 3.63) is 28.2 Å². The van der Waals surface area contributed by atoms with E-state index in [1.54, 1.807) is 0 Å². The Morgan fingerprint density at radius 1 is 1.56 bits per heavy atom. The summed E-state index contributed by atoms with van der Waals surface area (Å²) in [7, 11) is 0. The maximum absolute atomic E-state index is 5.82. The summed E-state index contributed by atoms with van der Waals surface area (Å²) in [6.07, 6.45) is 1.98. The van der Waals surface area contributed by atoms with Crippen molar-refractivity contribution in [3.63, 3.8) is 0 Å². The predicted octanol–water partition coefficient (Wildman–Crippen LogP) is 2.75. The molecule has 1 saturated heterocycles. The minimum Gasteiger partial charge on any atom is -0.492 e. The van der Waals surface area contributed by atoms with Gasteiger partial charge in [-0.25, -0.2) is 0 Å². The van der Waals surface area contributed by atoms with E-state index < -0.39 is 0 Å². The highest BCUT2D eigenvalue weighted by atomic mass is 79.9. The van der Waals surface area contributed by atoms with Gasteiger partial charge in [0.2, 0.25) is 0 Å². The van der Waals surface area contributed by atoms with Crippen LogP contribution in [0.5, 0.6) is 5.75 Å². The molecule has 100 valence electrons. The van der Waals surface area contributed by atoms with Gasteiger partial charge in [0.15, 0.2) is 0 Å². The maximum atomic E-state index is 5.82. The smallest absolute Gasteiger partial charge is 0.133 e. The lowest BCUT2D eigenvalue weighted by molar-refractivity contribution is 0.167. The van der Waals surface area contributed by atoms with Gasteiger partial charge in [-0.15, -0.1) is 0 Å². The fourth-order valence-electron chi connectivity index (χ4n) is 2.08. The SMILES string of the molecule is CC(N)Cc1ccc(OCC2CCOC2)c(Br)c1. The summed E-state index contributed by atoms with van der Waals surface area (Å²) < 4.78 is 12.2. The number of benzene rings is 1. The molecule has 1 fully saturated rings. The van der Waals surface area contributed by atoms with Crippen LogP contribution >= 0.6 is 15.9 Å². The molecule has 0 radical (unpaired) electrons. The van der Waals surface area contributed by atoms with Crippen molar-refractivity contribution in [2.75, 3.05) is 19.8 Å². The van der Waals surface area contributed by atoms with Gasteiger partial charge in [-0.2, -0.15) is 0 Å². The van der Waals surface area contributed by atoms with Crippen LogP contribution in [0.15, 0.2) is 22.7 Å². The summed E-state index contributed by atoms with van der Waals surface area (Å²) in [5.74, 6) is 1.43. The summed E-state index contributed by atoms with van der Waals surface area (Å²) in [5.41, 5.74) is 7.02. The van der Waals surface area contributed by atoms with Crippen molar-refractivity contribution in [2.45, 2.75) is 25.8 Å². The highest BCUT2D eigenvalue weighted by Gasteiger charge is 2.16. The number of hydrogen-bond acceptors (Lipinski definition) is 3. The molecule has 0 spiro atoms. The van der Waals surface area contributed by atoms with Gasteiger partial charge < -0.3 is 15.2 Å². The molecule has 0 aromatic heterocycles. The Morgan fingerprint density at radius 3 is 3.00 bits per heavy atom. The first kappa shape index (κ1) is 13.8. The molecule has 4 heteroatoms. The summed E-state index contributed by atoms with van der Waals surface area (Å²) in [6.45, 7) is 4.42. The molecular formula is C14H20BrNO2. The van der Waals surface area contributed by atoms with Crippen molar-refractivity contribution in [2.24, 2.45) is 11.7 Å². The predicted molar refractivity (Wildman–Crippen MR) is 75.9 cm³/mol. The first-order valence-electron chi connectivity index (χ1n) is 6.39. The lowest BCUT2D eigenvalue weighted by Gasteiger charge is -2.13. The molecule has 1 aliphatic heterocycles. The average molecular weight is 314 g/mol. The van der Waals surface area contributed by atoms with E-state index >= 15 is 0 Å². The normalized spacial score (nSPS) is 20.9. The van der Waals surface area contributed by atoms with Crippen molar-refractivity contribution >= 4 is 15.9 Å². The lowest BCUT2D eigenvalue weighted by Crippen LogP contribution is -2.17. The second-order valence-corrected chi connectivity index (χ2v) is 5.84. The molecule has 2 atom stereocenters. The van der Waals surface area contributed by atoms with Crippen molar-refractivity contribution < 1.29 is 9.47 Å². The van der Waals surface area contributed by atoms with Crippen LogP contribution in [0, 0.1) is 5.92 Å². The quantitative estimate of drug-likeness (QED) is 0.909. The molecule has 1 aromatic rings. The Balaban J connectivity index is 1.92. The number of hydrogen-bond donors (Lipinski definition) is 1. The van der Waals surface area contributed by atoms with E-state index in [4.69, 9.17) is 15.2 Å². The molecule has 0 aliphatic carbocycles. The summed E-state index contributed by atoms with van der Waals surface area (Å²) >= 11 is 3.55. The lowest BCUT2D eigenvalue weighted by atomic mass is 10.1. The molecule has 1 heterocycles. The summed E-state index contributed by atoms with van der Waals surface area (Å²) in [6, 6.07) is 6.36. The Bertz CT molecular complexity index is 389. The van der Waals surface area contributed by atoms with Crippen molar-refractivity contribution in [1.82, 2.24) is 0 Å². The zero-order chi connectivity index (χ0) is 13.0. The van der Waals surface area contributed by atoms with E-state index in [2.05, 4.69) is 28.1 Å². The van der Waals surface area contributed by atoms with Gasteiger partial charge in [0.1, 0.15) is 5.75 Å². The molecule has 2 rings (SSSR count). The molecule has 18 heavy (non-hydrogen) atoms. The van der Waals surface area contributed by atoms with Gasteiger partial charge in [0.05, 0.1) is 17.7 Å². The number of ether oxygens (including phenoxy) is 2. The first-order chi connectivity index (χ1) is 8.65.